The van der Waals surface area contributed by atoms with Gasteiger partial charge in [0, 0.05) is 26.6 Å². The Balaban J connectivity index is 1.13. The number of hydrogen-bond acceptors (Lipinski definition) is 9. The average Bonchev–Trinajstić information content (AvgIpc) is 4.09. The van der Waals surface area contributed by atoms with Crippen LogP contribution in [0.25, 0.3) is 0 Å². The van der Waals surface area contributed by atoms with Gasteiger partial charge in [0.15, 0.2) is 0 Å². The first-order valence-corrected chi connectivity index (χ1v) is 22.7. The predicted molar refractivity (Wildman–Crippen MR) is 219 cm³/mol. The monoisotopic (exact) mass is 779 g/mol. The van der Waals surface area contributed by atoms with Gasteiger partial charge in [0.05, 0.1) is 31.8 Å². The molecule has 0 aromatic carbocycles. The molecule has 0 amide bonds. The highest BCUT2D eigenvalue weighted by Gasteiger charge is 2.72. The summed E-state index contributed by atoms with van der Waals surface area (Å²) < 4.78 is 35.5. The van der Waals surface area contributed by atoms with E-state index in [-0.39, 0.29) is 60.6 Å². The standard InChI is InChI=1S/C46H82O9/c1-6-7-8-9-10-11-12-13-14-15-16-17-20-23-26-33-51-35-38(34-47)53-41(48)27-24-21-18-19-22-25-28-42(49)54-39-31-32-46(36-52-46)44(43(39)50-5)45(4)40(55-45)30-29-37(2)3/h29,38-40,43-44,47H,6-28,30-36H2,1-5H3/t38?,39-,40?,43-,44-,45+,46+/m1/s1. The Bertz CT molecular complexity index is 1070. The van der Waals surface area contributed by atoms with Gasteiger partial charge in [-0.3, -0.25) is 9.59 Å². The van der Waals surface area contributed by atoms with Crippen LogP contribution >= 0.6 is 0 Å². The summed E-state index contributed by atoms with van der Waals surface area (Å²) in [5.74, 6) is -0.413. The third-order valence-electron chi connectivity index (χ3n) is 12.2. The summed E-state index contributed by atoms with van der Waals surface area (Å²) in [7, 11) is 1.71. The van der Waals surface area contributed by atoms with Crippen LogP contribution in [0.4, 0.5) is 0 Å². The lowest BCUT2D eigenvalue weighted by Gasteiger charge is -2.42. The van der Waals surface area contributed by atoms with Crippen LogP contribution < -0.4 is 0 Å². The first-order chi connectivity index (χ1) is 26.7. The molecule has 2 aliphatic heterocycles. The summed E-state index contributed by atoms with van der Waals surface area (Å²) in [6.07, 6.45) is 29.8. The van der Waals surface area contributed by atoms with E-state index in [1.54, 1.807) is 7.11 Å². The maximum absolute atomic E-state index is 12.9. The van der Waals surface area contributed by atoms with E-state index in [9.17, 15) is 14.7 Å². The van der Waals surface area contributed by atoms with Crippen molar-refractivity contribution in [3.8, 4) is 0 Å². The van der Waals surface area contributed by atoms with Crippen LogP contribution in [0, 0.1) is 5.92 Å². The van der Waals surface area contributed by atoms with E-state index in [1.807, 2.05) is 0 Å². The van der Waals surface area contributed by atoms with Gasteiger partial charge in [-0.2, -0.15) is 0 Å². The fourth-order valence-electron chi connectivity index (χ4n) is 8.70. The van der Waals surface area contributed by atoms with E-state index in [0.717, 1.165) is 70.6 Å². The molecular formula is C46H82O9. The van der Waals surface area contributed by atoms with Crippen LogP contribution in [-0.4, -0.2) is 86.2 Å². The molecule has 0 bridgehead atoms. The second kappa shape index (κ2) is 27.2. The van der Waals surface area contributed by atoms with Crippen LogP contribution in [0.1, 0.15) is 195 Å². The highest BCUT2D eigenvalue weighted by atomic mass is 16.6. The Hall–Kier alpha value is -1.52. The smallest absolute Gasteiger partial charge is 0.306 e. The second-order valence-corrected chi connectivity index (χ2v) is 17.3. The molecule has 0 aromatic heterocycles. The van der Waals surface area contributed by atoms with Crippen LogP contribution in [0.3, 0.4) is 0 Å². The van der Waals surface area contributed by atoms with Crippen molar-refractivity contribution in [3.63, 3.8) is 0 Å². The molecule has 2 unspecified atom stereocenters. The lowest BCUT2D eigenvalue weighted by molar-refractivity contribution is -0.172. The molecule has 3 aliphatic rings. The van der Waals surface area contributed by atoms with Gasteiger partial charge < -0.3 is 33.5 Å². The third-order valence-corrected chi connectivity index (χ3v) is 12.2. The number of epoxide rings is 2. The molecule has 1 N–H and O–H groups in total. The highest BCUT2D eigenvalue weighted by molar-refractivity contribution is 5.70. The van der Waals surface area contributed by atoms with Crippen LogP contribution in [0.2, 0.25) is 0 Å². The van der Waals surface area contributed by atoms with Crippen LogP contribution in [0.15, 0.2) is 11.6 Å². The number of carbonyl (C=O) groups excluding carboxylic acids is 2. The van der Waals surface area contributed by atoms with Gasteiger partial charge in [-0.15, -0.1) is 0 Å². The molecule has 2 heterocycles. The molecule has 9 nitrogen and oxygen atoms in total. The van der Waals surface area contributed by atoms with Crippen molar-refractivity contribution in [2.75, 3.05) is 33.5 Å². The molecule has 2 saturated heterocycles. The number of allylic oxidation sites excluding steroid dienone is 1. The van der Waals surface area contributed by atoms with E-state index >= 15 is 0 Å². The first-order valence-electron chi connectivity index (χ1n) is 22.7. The van der Waals surface area contributed by atoms with Gasteiger partial charge in [0.25, 0.3) is 0 Å². The predicted octanol–water partition coefficient (Wildman–Crippen LogP) is 10.5. The number of carbonyl (C=O) groups is 2. The summed E-state index contributed by atoms with van der Waals surface area (Å²) in [6.45, 7) is 10.0. The van der Waals surface area contributed by atoms with Crippen LogP contribution in [0.5, 0.6) is 0 Å². The molecule has 7 atom stereocenters. The summed E-state index contributed by atoms with van der Waals surface area (Å²) in [5.41, 5.74) is 0.711. The fraction of sp³-hybridized carbons (Fsp3) is 0.913. The third kappa shape index (κ3) is 18.3. The Labute approximate surface area is 335 Å². The summed E-state index contributed by atoms with van der Waals surface area (Å²) >= 11 is 0. The van der Waals surface area contributed by atoms with Gasteiger partial charge in [0.2, 0.25) is 0 Å². The highest BCUT2D eigenvalue weighted by Crippen LogP contribution is 2.59. The van der Waals surface area contributed by atoms with Crippen molar-refractivity contribution in [1.82, 2.24) is 0 Å². The lowest BCUT2D eigenvalue weighted by Crippen LogP contribution is -2.55. The van der Waals surface area contributed by atoms with Crippen molar-refractivity contribution in [1.29, 1.82) is 0 Å². The van der Waals surface area contributed by atoms with Gasteiger partial charge in [0.1, 0.15) is 29.5 Å². The zero-order valence-corrected chi connectivity index (χ0v) is 35.9. The molecule has 3 fully saturated rings. The van der Waals surface area contributed by atoms with Gasteiger partial charge in [-0.25, -0.2) is 0 Å². The largest absolute Gasteiger partial charge is 0.460 e. The van der Waals surface area contributed by atoms with Gasteiger partial charge in [-0.05, 0) is 59.3 Å². The van der Waals surface area contributed by atoms with E-state index in [1.165, 1.54) is 89.0 Å². The number of aliphatic hydroxyl groups excluding tert-OH is 1. The van der Waals surface area contributed by atoms with Crippen molar-refractivity contribution < 1.29 is 43.1 Å². The minimum absolute atomic E-state index is 0.0285. The molecular weight excluding hydrogens is 696 g/mol. The average molecular weight is 779 g/mol. The topological polar surface area (TPSA) is 116 Å². The minimum Gasteiger partial charge on any atom is -0.460 e. The number of hydrogen-bond donors (Lipinski definition) is 1. The van der Waals surface area contributed by atoms with Crippen molar-refractivity contribution in [2.45, 2.75) is 230 Å². The number of esters is 2. The van der Waals surface area contributed by atoms with Gasteiger partial charge in [-0.1, -0.05) is 134 Å². The fourth-order valence-corrected chi connectivity index (χ4v) is 8.70. The molecule has 1 saturated carbocycles. The summed E-state index contributed by atoms with van der Waals surface area (Å²) in [5, 5.41) is 9.66. The van der Waals surface area contributed by atoms with Gasteiger partial charge >= 0.3 is 11.9 Å². The molecule has 1 aliphatic carbocycles. The second-order valence-electron chi connectivity index (χ2n) is 17.3. The maximum Gasteiger partial charge on any atom is 0.306 e. The molecule has 3 rings (SSSR count). The summed E-state index contributed by atoms with van der Waals surface area (Å²) in [6, 6.07) is 0. The number of unbranched alkanes of at least 4 members (excludes halogenated alkanes) is 19. The quantitative estimate of drug-likeness (QED) is 0.0295. The number of aliphatic hydroxyl groups is 1. The Kier molecular flexibility index (Phi) is 23.7. The van der Waals surface area contributed by atoms with Crippen LogP contribution in [-0.2, 0) is 38.0 Å². The normalized spacial score (nSPS) is 26.1. The summed E-state index contributed by atoms with van der Waals surface area (Å²) in [4.78, 5) is 25.2. The molecule has 1 spiro atoms. The zero-order chi connectivity index (χ0) is 39.8. The van der Waals surface area contributed by atoms with E-state index < -0.39 is 6.10 Å². The number of methoxy groups -OCH3 is 1. The molecule has 0 aromatic rings. The molecule has 9 heteroatoms. The molecule has 55 heavy (non-hydrogen) atoms. The molecule has 0 radical (unpaired) electrons. The van der Waals surface area contributed by atoms with Crippen molar-refractivity contribution in [2.24, 2.45) is 5.92 Å². The number of rotatable bonds is 34. The van der Waals surface area contributed by atoms with E-state index in [2.05, 4.69) is 33.8 Å². The number of ether oxygens (including phenoxy) is 6. The zero-order valence-electron chi connectivity index (χ0n) is 35.9. The van der Waals surface area contributed by atoms with Crippen molar-refractivity contribution >= 4 is 11.9 Å². The Morgan fingerprint density at radius 1 is 0.800 bits per heavy atom. The maximum atomic E-state index is 12.9. The lowest BCUT2D eigenvalue weighted by atomic mass is 9.68. The molecule has 320 valence electrons. The van der Waals surface area contributed by atoms with Crippen molar-refractivity contribution in [3.05, 3.63) is 11.6 Å². The Morgan fingerprint density at radius 3 is 1.84 bits per heavy atom. The minimum atomic E-state index is -0.597. The van der Waals surface area contributed by atoms with E-state index in [0.29, 0.717) is 26.1 Å². The Morgan fingerprint density at radius 2 is 1.33 bits per heavy atom. The van der Waals surface area contributed by atoms with E-state index in [4.69, 9.17) is 28.4 Å². The first kappa shape index (κ1) is 47.9. The SMILES string of the molecule is CCCCCCCCCCCCCCCCCOCC(CO)OC(=O)CCCCCCCCC(=O)O[C@@H]1CC[C@]2(CO2)[C@@H]([C@@]2(C)OC2CC=C(C)C)[C@@H]1OC.